The lowest BCUT2D eigenvalue weighted by atomic mass is 9.96. The van der Waals surface area contributed by atoms with Crippen LogP contribution in [0.2, 0.25) is 0 Å². The zero-order valence-electron chi connectivity index (χ0n) is 14.2. The largest absolute Gasteiger partial charge is 0.361 e. The van der Waals surface area contributed by atoms with Gasteiger partial charge in [0.1, 0.15) is 17.0 Å². The number of rotatable bonds is 4. The Balaban J connectivity index is 1.40. The van der Waals surface area contributed by atoms with Gasteiger partial charge in [0, 0.05) is 19.0 Å². The number of hydrogen-bond acceptors (Lipinski definition) is 6. The van der Waals surface area contributed by atoms with Gasteiger partial charge in [-0.15, -0.1) is 0 Å². The van der Waals surface area contributed by atoms with Crippen LogP contribution in [0.15, 0.2) is 16.2 Å². The number of fused-ring (bicyclic) bond motifs is 2. The summed E-state index contributed by atoms with van der Waals surface area (Å²) in [7, 11) is 1.76. The van der Waals surface area contributed by atoms with E-state index in [1.54, 1.807) is 22.0 Å². The highest BCUT2D eigenvalue weighted by molar-refractivity contribution is 7.14. The molecule has 1 unspecified atom stereocenters. The van der Waals surface area contributed by atoms with E-state index >= 15 is 0 Å². The third-order valence-electron chi connectivity index (χ3n) is 4.55. The summed E-state index contributed by atoms with van der Waals surface area (Å²) >= 11 is 1.47. The van der Waals surface area contributed by atoms with Gasteiger partial charge in [-0.25, -0.2) is 14.3 Å². The van der Waals surface area contributed by atoms with E-state index in [1.807, 2.05) is 13.1 Å². The topological polar surface area (TPSA) is 88.6 Å². The Morgan fingerprint density at radius 3 is 3.16 bits per heavy atom. The molecule has 0 bridgehead atoms. The number of carbonyl (C=O) groups excluding carboxylic acids is 1. The first-order chi connectivity index (χ1) is 12.1. The van der Waals surface area contributed by atoms with Crippen molar-refractivity contribution >= 4 is 22.3 Å². The zero-order valence-corrected chi connectivity index (χ0v) is 15.0. The normalized spacial score (nSPS) is 15.1. The van der Waals surface area contributed by atoms with Gasteiger partial charge in [0.2, 0.25) is 4.96 Å². The van der Waals surface area contributed by atoms with Crippen LogP contribution in [0.3, 0.4) is 0 Å². The maximum Gasteiger partial charge on any atom is 0.318 e. The Hall–Kier alpha value is -2.42. The molecule has 0 spiro atoms. The molecule has 9 heteroatoms. The van der Waals surface area contributed by atoms with Gasteiger partial charge in [0.05, 0.1) is 24.5 Å². The van der Waals surface area contributed by atoms with E-state index in [4.69, 9.17) is 4.52 Å². The van der Waals surface area contributed by atoms with Crippen molar-refractivity contribution in [2.24, 2.45) is 0 Å². The minimum Gasteiger partial charge on any atom is -0.361 e. The highest BCUT2D eigenvalue weighted by Gasteiger charge is 2.22. The highest BCUT2D eigenvalue weighted by atomic mass is 32.1. The van der Waals surface area contributed by atoms with Crippen molar-refractivity contribution in [3.8, 4) is 0 Å². The van der Waals surface area contributed by atoms with E-state index in [2.05, 4.69) is 20.6 Å². The summed E-state index contributed by atoms with van der Waals surface area (Å²) in [6.07, 6.45) is 6.07. The maximum absolute atomic E-state index is 12.5. The van der Waals surface area contributed by atoms with Crippen LogP contribution in [-0.2, 0) is 19.4 Å². The maximum atomic E-state index is 12.5. The van der Waals surface area contributed by atoms with E-state index in [-0.39, 0.29) is 12.1 Å². The van der Waals surface area contributed by atoms with Crippen molar-refractivity contribution in [1.29, 1.82) is 0 Å². The Morgan fingerprint density at radius 2 is 2.32 bits per heavy atom. The van der Waals surface area contributed by atoms with Gasteiger partial charge in [-0.2, -0.15) is 5.10 Å². The lowest BCUT2D eigenvalue weighted by Gasteiger charge is -2.20. The monoisotopic (exact) mass is 360 g/mol. The lowest BCUT2D eigenvalue weighted by Crippen LogP contribution is -2.38. The fraction of sp³-hybridized carbons (Fsp3) is 0.500. The number of nitrogens with zero attached hydrogens (tertiary/aromatic N) is 5. The van der Waals surface area contributed by atoms with Crippen LogP contribution in [0.25, 0.3) is 4.96 Å². The van der Waals surface area contributed by atoms with Crippen LogP contribution >= 0.6 is 11.3 Å². The molecule has 0 aromatic carbocycles. The second kappa shape index (κ2) is 6.47. The van der Waals surface area contributed by atoms with Gasteiger partial charge in [0.25, 0.3) is 0 Å². The molecule has 0 radical (unpaired) electrons. The molecule has 3 aromatic heterocycles. The molecule has 0 fully saturated rings. The van der Waals surface area contributed by atoms with Crippen LogP contribution < -0.4 is 5.32 Å². The molecule has 2 amide bonds. The van der Waals surface area contributed by atoms with Gasteiger partial charge in [0.15, 0.2) is 0 Å². The first-order valence-corrected chi connectivity index (χ1v) is 9.26. The summed E-state index contributed by atoms with van der Waals surface area (Å²) < 4.78 is 7.13. The molecule has 25 heavy (non-hydrogen) atoms. The van der Waals surface area contributed by atoms with Crippen LogP contribution in [-0.4, -0.2) is 37.7 Å². The van der Waals surface area contributed by atoms with Crippen molar-refractivity contribution in [3.05, 3.63) is 34.4 Å². The van der Waals surface area contributed by atoms with Crippen LogP contribution in [0.5, 0.6) is 0 Å². The number of imidazole rings is 1. The average Bonchev–Trinajstić information content (AvgIpc) is 3.29. The molecule has 1 aliphatic rings. The molecule has 3 heterocycles. The predicted molar refractivity (Wildman–Crippen MR) is 92.4 cm³/mol. The lowest BCUT2D eigenvalue weighted by molar-refractivity contribution is 0.202. The summed E-state index contributed by atoms with van der Waals surface area (Å²) in [6, 6.07) is -0.362. The van der Waals surface area contributed by atoms with Gasteiger partial charge in [-0.05, 0) is 26.2 Å². The number of urea groups is 1. The van der Waals surface area contributed by atoms with Gasteiger partial charge in [-0.3, -0.25) is 0 Å². The van der Waals surface area contributed by atoms with Gasteiger partial charge < -0.3 is 14.7 Å². The number of hydrogen-bond donors (Lipinski definition) is 1. The molecule has 4 rings (SSSR count). The van der Waals surface area contributed by atoms with E-state index in [0.29, 0.717) is 6.54 Å². The third kappa shape index (κ3) is 3.11. The standard InChI is InChI=1S/C16H20N6O2S/c1-10(12-8-22-16(19-12)25-9-17-22)18-15(23)21(2)7-13-11-5-3-4-6-14(11)24-20-13/h8-10H,3-7H2,1-2H3,(H,18,23). The molecule has 132 valence electrons. The molecule has 1 aliphatic carbocycles. The molecule has 1 N–H and O–H groups in total. The Kier molecular flexibility index (Phi) is 4.16. The molecular weight excluding hydrogens is 340 g/mol. The highest BCUT2D eigenvalue weighted by Crippen LogP contribution is 2.25. The second-order valence-electron chi connectivity index (χ2n) is 6.40. The number of nitrogens with one attached hydrogen (secondary N) is 1. The SMILES string of the molecule is CC(NC(=O)N(C)Cc1noc2c1CCCC2)c1cn2ncsc2n1. The molecule has 0 aliphatic heterocycles. The Bertz CT molecular complexity index is 869. The van der Waals surface area contributed by atoms with Crippen molar-refractivity contribution in [2.75, 3.05) is 7.05 Å². The Labute approximate surface area is 148 Å². The minimum atomic E-state index is -0.199. The number of carbonyl (C=O) groups is 1. The minimum absolute atomic E-state index is 0.163. The molecular formula is C16H20N6O2S. The van der Waals surface area contributed by atoms with E-state index in [9.17, 15) is 4.79 Å². The first kappa shape index (κ1) is 16.1. The van der Waals surface area contributed by atoms with Crippen molar-refractivity contribution in [3.63, 3.8) is 0 Å². The van der Waals surface area contributed by atoms with Gasteiger partial charge in [-0.1, -0.05) is 16.5 Å². The fourth-order valence-corrected chi connectivity index (χ4v) is 3.71. The zero-order chi connectivity index (χ0) is 17.4. The van der Waals surface area contributed by atoms with Crippen LogP contribution in [0, 0.1) is 0 Å². The summed E-state index contributed by atoms with van der Waals surface area (Å²) in [5, 5.41) is 11.3. The van der Waals surface area contributed by atoms with Crippen molar-refractivity contribution in [1.82, 2.24) is 30.0 Å². The van der Waals surface area contributed by atoms with E-state index in [0.717, 1.165) is 47.8 Å². The van der Waals surface area contributed by atoms with Crippen LogP contribution in [0.4, 0.5) is 4.79 Å². The summed E-state index contributed by atoms with van der Waals surface area (Å²) in [5.74, 6) is 0.981. The number of amides is 2. The molecule has 8 nitrogen and oxygen atoms in total. The molecule has 0 saturated heterocycles. The van der Waals surface area contributed by atoms with Crippen molar-refractivity contribution in [2.45, 2.75) is 45.2 Å². The van der Waals surface area contributed by atoms with Crippen LogP contribution in [0.1, 0.15) is 48.5 Å². The van der Waals surface area contributed by atoms with E-state index < -0.39 is 0 Å². The number of aryl methyl sites for hydroxylation is 1. The predicted octanol–water partition coefficient (Wildman–Crippen LogP) is 2.56. The molecule has 0 saturated carbocycles. The molecule has 1 atom stereocenters. The first-order valence-electron chi connectivity index (χ1n) is 8.38. The summed E-state index contributed by atoms with van der Waals surface area (Å²) in [4.78, 5) is 19.4. The van der Waals surface area contributed by atoms with Crippen molar-refractivity contribution < 1.29 is 9.32 Å². The summed E-state index contributed by atoms with van der Waals surface area (Å²) in [5.41, 5.74) is 4.58. The summed E-state index contributed by atoms with van der Waals surface area (Å²) in [6.45, 7) is 2.35. The van der Waals surface area contributed by atoms with Gasteiger partial charge >= 0.3 is 6.03 Å². The molecule has 3 aromatic rings. The number of aromatic nitrogens is 4. The quantitative estimate of drug-likeness (QED) is 0.772. The fourth-order valence-electron chi connectivity index (χ4n) is 3.10. The average molecular weight is 360 g/mol. The third-order valence-corrected chi connectivity index (χ3v) is 5.24. The smallest absolute Gasteiger partial charge is 0.318 e. The Morgan fingerprint density at radius 1 is 1.48 bits per heavy atom. The van der Waals surface area contributed by atoms with E-state index in [1.165, 1.54) is 16.9 Å². The second-order valence-corrected chi connectivity index (χ2v) is 7.21.